The molecule has 0 spiro atoms. The van der Waals surface area contributed by atoms with E-state index in [1.165, 1.54) is 12.8 Å². The lowest BCUT2D eigenvalue weighted by molar-refractivity contribution is -0.0168. The van der Waals surface area contributed by atoms with Crippen LogP contribution in [0.5, 0.6) is 0 Å². The third-order valence-corrected chi connectivity index (χ3v) is 4.48. The summed E-state index contributed by atoms with van der Waals surface area (Å²) in [6, 6.07) is 0.778. The van der Waals surface area contributed by atoms with Gasteiger partial charge in [0.05, 0.1) is 26.4 Å². The van der Waals surface area contributed by atoms with Crippen LogP contribution in [0.2, 0.25) is 0 Å². The van der Waals surface area contributed by atoms with Crippen molar-refractivity contribution in [3.8, 4) is 0 Å². The molecule has 0 aromatic heterocycles. The highest BCUT2D eigenvalue weighted by molar-refractivity contribution is 4.89. The highest BCUT2D eigenvalue weighted by atomic mass is 16.5. The first-order valence-electron chi connectivity index (χ1n) is 8.30. The van der Waals surface area contributed by atoms with Crippen molar-refractivity contribution >= 4 is 0 Å². The van der Waals surface area contributed by atoms with Gasteiger partial charge >= 0.3 is 0 Å². The summed E-state index contributed by atoms with van der Waals surface area (Å²) >= 11 is 0. The first-order valence-corrected chi connectivity index (χ1v) is 8.30. The van der Waals surface area contributed by atoms with Gasteiger partial charge in [-0.15, -0.1) is 0 Å². The molecule has 5 heteroatoms. The van der Waals surface area contributed by atoms with Gasteiger partial charge in [0, 0.05) is 39.5 Å². The van der Waals surface area contributed by atoms with Gasteiger partial charge in [0.1, 0.15) is 0 Å². The molecule has 1 aliphatic carbocycles. The van der Waals surface area contributed by atoms with Crippen LogP contribution < -0.4 is 5.32 Å². The van der Waals surface area contributed by atoms with Crippen molar-refractivity contribution in [3.05, 3.63) is 0 Å². The summed E-state index contributed by atoms with van der Waals surface area (Å²) in [4.78, 5) is 0. The van der Waals surface area contributed by atoms with Crippen LogP contribution in [0.1, 0.15) is 32.1 Å². The summed E-state index contributed by atoms with van der Waals surface area (Å²) in [6.07, 6.45) is 6.12. The van der Waals surface area contributed by atoms with E-state index >= 15 is 0 Å². The number of rotatable bonds is 12. The van der Waals surface area contributed by atoms with Crippen LogP contribution in [0, 0.1) is 5.41 Å². The normalized spacial score (nSPS) is 21.6. The standard InChI is InChI=1S/C16H31NO4/c1-18-10-11-21-13-12-20-9-6-16(4-7-19-8-5-16)14-17-15-2-3-15/h15,17H,2-14H2,1H3. The topological polar surface area (TPSA) is 49.0 Å². The van der Waals surface area contributed by atoms with Gasteiger partial charge in [-0.2, -0.15) is 0 Å². The van der Waals surface area contributed by atoms with Crippen molar-refractivity contribution in [3.63, 3.8) is 0 Å². The molecule has 1 heterocycles. The summed E-state index contributed by atoms with van der Waals surface area (Å²) in [5, 5.41) is 3.69. The van der Waals surface area contributed by atoms with Gasteiger partial charge in [0.25, 0.3) is 0 Å². The molecule has 0 bridgehead atoms. The van der Waals surface area contributed by atoms with Crippen molar-refractivity contribution in [1.29, 1.82) is 0 Å². The molecule has 0 amide bonds. The van der Waals surface area contributed by atoms with Crippen LogP contribution >= 0.6 is 0 Å². The maximum Gasteiger partial charge on any atom is 0.0701 e. The molecule has 1 N–H and O–H groups in total. The van der Waals surface area contributed by atoms with Gasteiger partial charge in [-0.05, 0) is 37.5 Å². The Morgan fingerprint density at radius 3 is 2.33 bits per heavy atom. The zero-order valence-corrected chi connectivity index (χ0v) is 13.4. The van der Waals surface area contributed by atoms with Gasteiger partial charge in [-0.25, -0.2) is 0 Å². The molecule has 2 rings (SSSR count). The van der Waals surface area contributed by atoms with Crippen LogP contribution in [0.4, 0.5) is 0 Å². The molecule has 0 radical (unpaired) electrons. The van der Waals surface area contributed by atoms with Crippen LogP contribution in [-0.4, -0.2) is 65.9 Å². The average molecular weight is 301 g/mol. The Morgan fingerprint density at radius 1 is 1.00 bits per heavy atom. The van der Waals surface area contributed by atoms with Crippen molar-refractivity contribution < 1.29 is 18.9 Å². The summed E-state index contributed by atoms with van der Waals surface area (Å²) in [5.74, 6) is 0. The highest BCUT2D eigenvalue weighted by Gasteiger charge is 2.34. The van der Waals surface area contributed by atoms with E-state index in [1.54, 1.807) is 7.11 Å². The van der Waals surface area contributed by atoms with E-state index in [2.05, 4.69) is 5.32 Å². The SMILES string of the molecule is COCCOCCOCCC1(CNC2CC2)CCOCC1. The van der Waals surface area contributed by atoms with Crippen LogP contribution in [0.25, 0.3) is 0 Å². The second-order valence-corrected chi connectivity index (χ2v) is 6.24. The fourth-order valence-corrected chi connectivity index (χ4v) is 2.72. The Balaban J connectivity index is 1.55. The van der Waals surface area contributed by atoms with Crippen molar-refractivity contribution in [2.75, 3.05) is 59.9 Å². The Bertz CT molecular complexity index is 265. The van der Waals surface area contributed by atoms with E-state index in [-0.39, 0.29) is 0 Å². The van der Waals surface area contributed by atoms with Gasteiger partial charge < -0.3 is 24.3 Å². The van der Waals surface area contributed by atoms with Crippen LogP contribution in [-0.2, 0) is 18.9 Å². The van der Waals surface area contributed by atoms with Crippen molar-refractivity contribution in [1.82, 2.24) is 5.32 Å². The molecule has 21 heavy (non-hydrogen) atoms. The number of nitrogens with one attached hydrogen (secondary N) is 1. The predicted octanol–water partition coefficient (Wildman–Crippen LogP) is 1.60. The number of hydrogen-bond donors (Lipinski definition) is 1. The molecule has 2 aliphatic rings. The minimum atomic E-state index is 0.373. The van der Waals surface area contributed by atoms with Crippen LogP contribution in [0.3, 0.4) is 0 Å². The van der Waals surface area contributed by atoms with E-state index in [1.807, 2.05) is 0 Å². The maximum atomic E-state index is 5.73. The van der Waals surface area contributed by atoms with E-state index in [0.29, 0.717) is 31.8 Å². The van der Waals surface area contributed by atoms with Gasteiger partial charge in [-0.3, -0.25) is 0 Å². The number of ether oxygens (including phenoxy) is 4. The monoisotopic (exact) mass is 301 g/mol. The summed E-state index contributed by atoms with van der Waals surface area (Å²) in [7, 11) is 1.68. The highest BCUT2D eigenvalue weighted by Crippen LogP contribution is 2.34. The summed E-state index contributed by atoms with van der Waals surface area (Å²) < 4.78 is 21.6. The third-order valence-electron chi connectivity index (χ3n) is 4.48. The van der Waals surface area contributed by atoms with Crippen LogP contribution in [0.15, 0.2) is 0 Å². The predicted molar refractivity (Wildman–Crippen MR) is 81.6 cm³/mol. The Kier molecular flexibility index (Phi) is 7.96. The van der Waals surface area contributed by atoms with E-state index < -0.39 is 0 Å². The first-order chi connectivity index (χ1) is 10.3. The largest absolute Gasteiger partial charge is 0.382 e. The molecular formula is C16H31NO4. The molecule has 1 saturated heterocycles. The molecule has 1 saturated carbocycles. The molecule has 0 aromatic carbocycles. The zero-order chi connectivity index (χ0) is 14.8. The molecule has 0 atom stereocenters. The molecule has 5 nitrogen and oxygen atoms in total. The second-order valence-electron chi connectivity index (χ2n) is 6.24. The minimum absolute atomic E-state index is 0.373. The van der Waals surface area contributed by atoms with E-state index in [9.17, 15) is 0 Å². The average Bonchev–Trinajstić information content (AvgIpc) is 3.33. The Morgan fingerprint density at radius 2 is 1.67 bits per heavy atom. The van der Waals surface area contributed by atoms with E-state index in [0.717, 1.165) is 51.7 Å². The van der Waals surface area contributed by atoms with Gasteiger partial charge in [0.2, 0.25) is 0 Å². The quantitative estimate of drug-likeness (QED) is 0.555. The Labute approximate surface area is 128 Å². The molecule has 0 aromatic rings. The molecule has 124 valence electrons. The molecule has 2 fully saturated rings. The van der Waals surface area contributed by atoms with Gasteiger partial charge in [-0.1, -0.05) is 0 Å². The zero-order valence-electron chi connectivity index (χ0n) is 13.4. The molecule has 0 unspecified atom stereocenters. The fourth-order valence-electron chi connectivity index (χ4n) is 2.72. The van der Waals surface area contributed by atoms with E-state index in [4.69, 9.17) is 18.9 Å². The third kappa shape index (κ3) is 7.06. The lowest BCUT2D eigenvalue weighted by Crippen LogP contribution is -2.40. The Hall–Kier alpha value is -0.200. The van der Waals surface area contributed by atoms with Gasteiger partial charge in [0.15, 0.2) is 0 Å². The number of methoxy groups -OCH3 is 1. The lowest BCUT2D eigenvalue weighted by Gasteiger charge is -2.37. The maximum absolute atomic E-state index is 5.73. The minimum Gasteiger partial charge on any atom is -0.382 e. The summed E-state index contributed by atoms with van der Waals surface area (Å²) in [6.45, 7) is 6.35. The first kappa shape index (κ1) is 17.2. The fraction of sp³-hybridized carbons (Fsp3) is 1.00. The second kappa shape index (κ2) is 9.74. The lowest BCUT2D eigenvalue weighted by atomic mass is 9.77. The molecular weight excluding hydrogens is 270 g/mol. The summed E-state index contributed by atoms with van der Waals surface area (Å²) in [5.41, 5.74) is 0.373. The number of hydrogen-bond acceptors (Lipinski definition) is 5. The smallest absolute Gasteiger partial charge is 0.0701 e. The van der Waals surface area contributed by atoms with Crippen molar-refractivity contribution in [2.24, 2.45) is 5.41 Å². The van der Waals surface area contributed by atoms with Crippen molar-refractivity contribution in [2.45, 2.75) is 38.1 Å². The molecule has 1 aliphatic heterocycles.